The summed E-state index contributed by atoms with van der Waals surface area (Å²) in [5.41, 5.74) is 0. The van der Waals surface area contributed by atoms with Crippen LogP contribution in [0.1, 0.15) is 6.42 Å². The van der Waals surface area contributed by atoms with Gasteiger partial charge in [0.25, 0.3) is 0 Å². The highest BCUT2D eigenvalue weighted by molar-refractivity contribution is 7.88. The van der Waals surface area contributed by atoms with E-state index in [4.69, 9.17) is 0 Å². The average molecular weight is 277 g/mol. The second kappa shape index (κ2) is 8.23. The third kappa shape index (κ3) is 8.21. The fourth-order valence-corrected chi connectivity index (χ4v) is 2.03. The number of carbonyl (C=O) groups excluding carboxylic acids is 1. The zero-order chi connectivity index (χ0) is 14.2. The van der Waals surface area contributed by atoms with Crippen molar-refractivity contribution in [1.29, 1.82) is 0 Å². The van der Waals surface area contributed by atoms with E-state index in [1.54, 1.807) is 0 Å². The van der Waals surface area contributed by atoms with Crippen LogP contribution in [0.4, 0.5) is 0 Å². The van der Waals surface area contributed by atoms with Gasteiger partial charge in [0.15, 0.2) is 0 Å². The van der Waals surface area contributed by atoms with E-state index in [0.717, 1.165) is 23.5 Å². The standard InChI is InChI=1S/C11H23N3O3S/c1-5-8-14(18(4,16)17)10-11(15)12-7-6-9-13(2)3/h5H,1,6-10H2,2-4H3,(H,12,15). The molecule has 0 aliphatic heterocycles. The lowest BCUT2D eigenvalue weighted by molar-refractivity contribution is -0.121. The normalized spacial score (nSPS) is 11.8. The lowest BCUT2D eigenvalue weighted by Crippen LogP contribution is -2.40. The van der Waals surface area contributed by atoms with Gasteiger partial charge >= 0.3 is 0 Å². The van der Waals surface area contributed by atoms with Crippen molar-refractivity contribution in [1.82, 2.24) is 14.5 Å². The van der Waals surface area contributed by atoms with Crippen LogP contribution in [0.3, 0.4) is 0 Å². The third-order valence-corrected chi connectivity index (χ3v) is 3.44. The van der Waals surface area contributed by atoms with Crippen molar-refractivity contribution >= 4 is 15.9 Å². The summed E-state index contributed by atoms with van der Waals surface area (Å²) < 4.78 is 23.8. The number of nitrogens with one attached hydrogen (secondary N) is 1. The van der Waals surface area contributed by atoms with E-state index in [0.29, 0.717) is 6.54 Å². The molecule has 18 heavy (non-hydrogen) atoms. The van der Waals surface area contributed by atoms with Gasteiger partial charge in [0.05, 0.1) is 12.8 Å². The van der Waals surface area contributed by atoms with E-state index in [1.165, 1.54) is 6.08 Å². The van der Waals surface area contributed by atoms with E-state index in [9.17, 15) is 13.2 Å². The molecule has 106 valence electrons. The molecule has 0 heterocycles. The molecule has 0 unspecified atom stereocenters. The minimum absolute atomic E-state index is 0.143. The Morgan fingerprint density at radius 1 is 1.39 bits per heavy atom. The van der Waals surface area contributed by atoms with Crippen molar-refractivity contribution in [2.24, 2.45) is 0 Å². The van der Waals surface area contributed by atoms with E-state index < -0.39 is 10.0 Å². The molecule has 0 atom stereocenters. The summed E-state index contributed by atoms with van der Waals surface area (Å²) in [4.78, 5) is 13.6. The average Bonchev–Trinajstić information content (AvgIpc) is 2.22. The zero-order valence-corrected chi connectivity index (χ0v) is 12.2. The number of hydrogen-bond donors (Lipinski definition) is 1. The largest absolute Gasteiger partial charge is 0.355 e. The number of sulfonamides is 1. The Balaban J connectivity index is 4.08. The summed E-state index contributed by atoms with van der Waals surface area (Å²) in [5.74, 6) is -0.291. The van der Waals surface area contributed by atoms with Crippen molar-refractivity contribution in [2.75, 3.05) is 46.5 Å². The minimum atomic E-state index is -3.37. The highest BCUT2D eigenvalue weighted by atomic mass is 32.2. The summed E-state index contributed by atoms with van der Waals surface area (Å²) in [7, 11) is 0.538. The van der Waals surface area contributed by atoms with Gasteiger partial charge in [0, 0.05) is 13.1 Å². The summed E-state index contributed by atoms with van der Waals surface area (Å²) in [5, 5.41) is 2.69. The molecule has 0 bridgehead atoms. The second-order valence-electron chi connectivity index (χ2n) is 4.35. The van der Waals surface area contributed by atoms with Gasteiger partial charge in [-0.3, -0.25) is 4.79 Å². The van der Waals surface area contributed by atoms with Crippen LogP contribution in [0, 0.1) is 0 Å². The van der Waals surface area contributed by atoms with Gasteiger partial charge < -0.3 is 10.2 Å². The summed E-state index contributed by atoms with van der Waals surface area (Å²) in [6, 6.07) is 0. The molecule has 0 rings (SSSR count). The zero-order valence-electron chi connectivity index (χ0n) is 11.3. The summed E-state index contributed by atoms with van der Waals surface area (Å²) >= 11 is 0. The lowest BCUT2D eigenvalue weighted by Gasteiger charge is -2.17. The van der Waals surface area contributed by atoms with Crippen LogP contribution in [-0.4, -0.2) is 70.1 Å². The Morgan fingerprint density at radius 3 is 2.44 bits per heavy atom. The number of nitrogens with zero attached hydrogens (tertiary/aromatic N) is 2. The number of carbonyl (C=O) groups is 1. The van der Waals surface area contributed by atoms with Crippen molar-refractivity contribution < 1.29 is 13.2 Å². The molecule has 7 heteroatoms. The Morgan fingerprint density at radius 2 is 2.00 bits per heavy atom. The van der Waals surface area contributed by atoms with Crippen LogP contribution in [0.5, 0.6) is 0 Å². The molecule has 0 fully saturated rings. The monoisotopic (exact) mass is 277 g/mol. The predicted molar refractivity (Wildman–Crippen MR) is 72.8 cm³/mol. The molecule has 0 aromatic heterocycles. The van der Waals surface area contributed by atoms with Crippen LogP contribution < -0.4 is 5.32 Å². The van der Waals surface area contributed by atoms with Crippen molar-refractivity contribution in [3.63, 3.8) is 0 Å². The molecule has 6 nitrogen and oxygen atoms in total. The maximum absolute atomic E-state index is 11.6. The van der Waals surface area contributed by atoms with E-state index in [2.05, 4.69) is 11.9 Å². The first-order valence-electron chi connectivity index (χ1n) is 5.74. The number of amides is 1. The Hall–Kier alpha value is -0.920. The maximum Gasteiger partial charge on any atom is 0.235 e. The van der Waals surface area contributed by atoms with Crippen LogP contribution in [0.15, 0.2) is 12.7 Å². The molecule has 1 amide bonds. The van der Waals surface area contributed by atoms with Gasteiger partial charge in [-0.1, -0.05) is 6.08 Å². The number of rotatable bonds is 9. The molecule has 0 aromatic carbocycles. The predicted octanol–water partition coefficient (Wildman–Crippen LogP) is -0.498. The van der Waals surface area contributed by atoms with Crippen LogP contribution >= 0.6 is 0 Å². The number of hydrogen-bond acceptors (Lipinski definition) is 4. The van der Waals surface area contributed by atoms with Gasteiger partial charge in [0.2, 0.25) is 15.9 Å². The molecule has 0 saturated heterocycles. The molecule has 0 aromatic rings. The third-order valence-electron chi connectivity index (χ3n) is 2.23. The van der Waals surface area contributed by atoms with Gasteiger partial charge in [0.1, 0.15) is 0 Å². The Bertz CT molecular complexity index is 366. The van der Waals surface area contributed by atoms with Crippen LogP contribution in [-0.2, 0) is 14.8 Å². The fraction of sp³-hybridized carbons (Fsp3) is 0.727. The molecular weight excluding hydrogens is 254 g/mol. The maximum atomic E-state index is 11.6. The molecule has 1 N–H and O–H groups in total. The highest BCUT2D eigenvalue weighted by Gasteiger charge is 2.18. The first-order chi connectivity index (χ1) is 8.27. The quantitative estimate of drug-likeness (QED) is 0.456. The lowest BCUT2D eigenvalue weighted by atomic mass is 10.4. The molecule has 0 saturated carbocycles. The second-order valence-corrected chi connectivity index (χ2v) is 6.33. The molecule has 0 radical (unpaired) electrons. The van der Waals surface area contributed by atoms with Gasteiger partial charge in [-0.2, -0.15) is 4.31 Å². The van der Waals surface area contributed by atoms with Crippen molar-refractivity contribution in [2.45, 2.75) is 6.42 Å². The summed E-state index contributed by atoms with van der Waals surface area (Å²) in [6.07, 6.45) is 3.37. The van der Waals surface area contributed by atoms with Gasteiger partial charge in [-0.15, -0.1) is 6.58 Å². The SMILES string of the molecule is C=CCN(CC(=O)NCCCN(C)C)S(C)(=O)=O. The Kier molecular flexibility index (Phi) is 7.81. The van der Waals surface area contributed by atoms with E-state index in [1.807, 2.05) is 19.0 Å². The van der Waals surface area contributed by atoms with Crippen LogP contribution in [0.25, 0.3) is 0 Å². The van der Waals surface area contributed by atoms with Crippen molar-refractivity contribution in [3.8, 4) is 0 Å². The van der Waals surface area contributed by atoms with Crippen LogP contribution in [0.2, 0.25) is 0 Å². The molecule has 0 aliphatic rings. The Labute approximate surface area is 110 Å². The first kappa shape index (κ1) is 17.1. The summed E-state index contributed by atoms with van der Waals surface area (Å²) in [6.45, 7) is 4.88. The minimum Gasteiger partial charge on any atom is -0.355 e. The highest BCUT2D eigenvalue weighted by Crippen LogP contribution is 1.97. The molecular formula is C11H23N3O3S. The van der Waals surface area contributed by atoms with Gasteiger partial charge in [-0.25, -0.2) is 8.42 Å². The van der Waals surface area contributed by atoms with Gasteiger partial charge in [-0.05, 0) is 27.1 Å². The smallest absolute Gasteiger partial charge is 0.235 e. The van der Waals surface area contributed by atoms with E-state index in [-0.39, 0.29) is 19.0 Å². The first-order valence-corrected chi connectivity index (χ1v) is 7.59. The van der Waals surface area contributed by atoms with Crippen molar-refractivity contribution in [3.05, 3.63) is 12.7 Å². The fourth-order valence-electron chi connectivity index (χ4n) is 1.30. The van der Waals surface area contributed by atoms with E-state index >= 15 is 0 Å². The topological polar surface area (TPSA) is 69.7 Å². The molecule has 0 spiro atoms. The molecule has 0 aliphatic carbocycles.